The van der Waals surface area contributed by atoms with Crippen molar-refractivity contribution in [3.63, 3.8) is 0 Å². The van der Waals surface area contributed by atoms with Gasteiger partial charge in [0.1, 0.15) is 5.75 Å². The normalized spacial score (nSPS) is 13.8. The van der Waals surface area contributed by atoms with E-state index in [1.54, 1.807) is 36.9 Å². The molecule has 2 heterocycles. The van der Waals surface area contributed by atoms with Crippen LogP contribution in [-0.2, 0) is 11.3 Å². The van der Waals surface area contributed by atoms with E-state index in [1.165, 1.54) is 0 Å². The molecule has 4 rings (SSSR count). The van der Waals surface area contributed by atoms with Crippen molar-refractivity contribution in [1.82, 2.24) is 9.55 Å². The Morgan fingerprint density at radius 1 is 1.29 bits per heavy atom. The Hall–Kier alpha value is -2.15. The van der Waals surface area contributed by atoms with Gasteiger partial charge in [-0.25, -0.2) is 4.98 Å². The number of nitrogens with one attached hydrogen (secondary N) is 1. The van der Waals surface area contributed by atoms with Crippen LogP contribution in [0, 0.1) is 0 Å². The Kier molecular flexibility index (Phi) is 5.53. The molecule has 0 aliphatic carbocycles. The molecule has 0 bridgehead atoms. The van der Waals surface area contributed by atoms with Gasteiger partial charge in [-0.3, -0.25) is 4.79 Å². The Balaban J connectivity index is 1.45. The van der Waals surface area contributed by atoms with E-state index in [4.69, 9.17) is 27.9 Å². The molecule has 3 aromatic rings. The van der Waals surface area contributed by atoms with Crippen LogP contribution in [0.25, 0.3) is 11.3 Å². The van der Waals surface area contributed by atoms with Crippen LogP contribution < -0.4 is 10.1 Å². The van der Waals surface area contributed by atoms with Gasteiger partial charge in [0.25, 0.3) is 5.91 Å². The maximum Gasteiger partial charge on any atom is 0.265 e. The van der Waals surface area contributed by atoms with Gasteiger partial charge in [-0.05, 0) is 37.3 Å². The lowest BCUT2D eigenvalue weighted by atomic mass is 10.1. The van der Waals surface area contributed by atoms with Gasteiger partial charge in [0.15, 0.2) is 11.3 Å². The molecule has 1 unspecified atom stereocenters. The molecule has 1 N–H and O–H groups in total. The van der Waals surface area contributed by atoms with E-state index >= 15 is 0 Å². The van der Waals surface area contributed by atoms with Gasteiger partial charge in [0.2, 0.25) is 0 Å². The number of hydrogen-bond donors (Lipinski definition) is 1. The first-order valence-electron chi connectivity index (χ1n) is 8.72. The molecular weight excluding hydrogens is 417 g/mol. The summed E-state index contributed by atoms with van der Waals surface area (Å²) in [5.74, 6) is 1.20. The molecule has 8 heteroatoms. The number of amides is 1. The van der Waals surface area contributed by atoms with Crippen LogP contribution in [0.3, 0.4) is 0 Å². The number of hydrogen-bond acceptors (Lipinski definition) is 4. The number of anilines is 1. The van der Waals surface area contributed by atoms with Crippen molar-refractivity contribution in [2.75, 3.05) is 11.1 Å². The van der Waals surface area contributed by atoms with Crippen molar-refractivity contribution >= 4 is 46.6 Å². The Morgan fingerprint density at radius 3 is 2.93 bits per heavy atom. The quantitative estimate of drug-likeness (QED) is 0.587. The average molecular weight is 434 g/mol. The van der Waals surface area contributed by atoms with E-state index in [2.05, 4.69) is 14.9 Å². The molecule has 0 saturated carbocycles. The summed E-state index contributed by atoms with van der Waals surface area (Å²) in [7, 11) is 0. The van der Waals surface area contributed by atoms with E-state index in [0.29, 0.717) is 21.5 Å². The molecule has 1 aliphatic rings. The van der Waals surface area contributed by atoms with E-state index in [0.717, 1.165) is 28.7 Å². The summed E-state index contributed by atoms with van der Waals surface area (Å²) in [6.07, 6.45) is 1.32. The number of carbonyl (C=O) groups excluding carboxylic acids is 1. The number of imidazole rings is 1. The molecule has 0 saturated heterocycles. The summed E-state index contributed by atoms with van der Waals surface area (Å²) < 4.78 is 7.82. The van der Waals surface area contributed by atoms with Crippen molar-refractivity contribution in [1.29, 1.82) is 0 Å². The number of rotatable bonds is 5. The van der Waals surface area contributed by atoms with Gasteiger partial charge in [-0.2, -0.15) is 0 Å². The second kappa shape index (κ2) is 8.07. The maximum atomic E-state index is 12.5. The third-order valence-corrected chi connectivity index (χ3v) is 5.80. The smallest absolute Gasteiger partial charge is 0.265 e. The highest BCUT2D eigenvalue weighted by Crippen LogP contribution is 2.30. The largest absolute Gasteiger partial charge is 0.479 e. The minimum atomic E-state index is -0.727. The van der Waals surface area contributed by atoms with Gasteiger partial charge in [0, 0.05) is 34.8 Å². The molecule has 0 radical (unpaired) electrons. The van der Waals surface area contributed by atoms with Crippen LogP contribution in [0.2, 0.25) is 10.0 Å². The number of benzene rings is 2. The van der Waals surface area contributed by atoms with Crippen LogP contribution in [0.15, 0.2) is 53.8 Å². The summed E-state index contributed by atoms with van der Waals surface area (Å²) in [5.41, 5.74) is 2.53. The first-order chi connectivity index (χ1) is 13.5. The fourth-order valence-electron chi connectivity index (χ4n) is 2.86. The van der Waals surface area contributed by atoms with Crippen LogP contribution in [0.1, 0.15) is 6.92 Å². The summed E-state index contributed by atoms with van der Waals surface area (Å²) in [4.78, 5) is 17.2. The van der Waals surface area contributed by atoms with Crippen LogP contribution in [0.4, 0.5) is 5.69 Å². The molecule has 1 aliphatic heterocycles. The number of aryl methyl sites for hydroxylation is 1. The van der Waals surface area contributed by atoms with Gasteiger partial charge in [-0.1, -0.05) is 47.1 Å². The molecule has 1 aromatic heterocycles. The number of thioether (sulfide) groups is 1. The van der Waals surface area contributed by atoms with E-state index in [1.807, 2.05) is 30.5 Å². The zero-order chi connectivity index (χ0) is 19.7. The monoisotopic (exact) mass is 433 g/mol. The number of halogens is 2. The first kappa shape index (κ1) is 19.2. The number of aromatic nitrogens is 2. The van der Waals surface area contributed by atoms with E-state index < -0.39 is 6.10 Å². The molecule has 28 heavy (non-hydrogen) atoms. The Bertz CT molecular complexity index is 1020. The molecule has 1 atom stereocenters. The van der Waals surface area contributed by atoms with Crippen LogP contribution >= 0.6 is 35.0 Å². The number of fused-ring (bicyclic) bond motifs is 1. The summed E-state index contributed by atoms with van der Waals surface area (Å²) >= 11 is 13.7. The van der Waals surface area contributed by atoms with E-state index in [9.17, 15) is 4.79 Å². The Morgan fingerprint density at radius 2 is 2.14 bits per heavy atom. The molecule has 2 aromatic carbocycles. The molecule has 5 nitrogen and oxygen atoms in total. The topological polar surface area (TPSA) is 56.1 Å². The predicted molar refractivity (Wildman–Crippen MR) is 114 cm³/mol. The predicted octanol–water partition coefficient (Wildman–Crippen LogP) is 5.37. The molecule has 1 amide bonds. The number of carbonyl (C=O) groups is 1. The minimum Gasteiger partial charge on any atom is -0.479 e. The third-order valence-electron chi connectivity index (χ3n) is 4.30. The van der Waals surface area contributed by atoms with Crippen molar-refractivity contribution in [2.24, 2.45) is 0 Å². The number of ether oxygens (including phenoxy) is 1. The maximum absolute atomic E-state index is 12.5. The fraction of sp³-hybridized carbons (Fsp3) is 0.200. The van der Waals surface area contributed by atoms with Gasteiger partial charge in [-0.15, -0.1) is 0 Å². The molecule has 144 valence electrons. The minimum absolute atomic E-state index is 0.272. The fourth-order valence-corrected chi connectivity index (χ4v) is 4.26. The lowest BCUT2D eigenvalue weighted by molar-refractivity contribution is -0.122. The van der Waals surface area contributed by atoms with Crippen molar-refractivity contribution < 1.29 is 9.53 Å². The van der Waals surface area contributed by atoms with Crippen LogP contribution in [-0.4, -0.2) is 27.3 Å². The van der Waals surface area contributed by atoms with Crippen molar-refractivity contribution in [2.45, 2.75) is 24.7 Å². The van der Waals surface area contributed by atoms with Gasteiger partial charge in [0.05, 0.1) is 10.7 Å². The number of nitrogens with zero attached hydrogens (tertiary/aromatic N) is 2. The summed E-state index contributed by atoms with van der Waals surface area (Å²) in [5, 5.41) is 4.78. The highest BCUT2D eigenvalue weighted by molar-refractivity contribution is 7.99. The SMILES string of the molecule is CC(Oc1ccc(Cl)cc1Cl)C(=O)Nc1cccc(-c2cn3c(n2)SCC3)c1. The van der Waals surface area contributed by atoms with Gasteiger partial charge >= 0.3 is 0 Å². The van der Waals surface area contributed by atoms with Crippen molar-refractivity contribution in [3.8, 4) is 17.0 Å². The first-order valence-corrected chi connectivity index (χ1v) is 10.5. The highest BCUT2D eigenvalue weighted by atomic mass is 35.5. The average Bonchev–Trinajstić information content (AvgIpc) is 3.26. The standard InChI is InChI=1S/C20H17Cl2N3O2S/c1-12(27-18-6-5-14(21)10-16(18)22)19(26)23-15-4-2-3-13(9-15)17-11-25-7-8-28-20(25)24-17/h2-6,9-12H,7-8H2,1H3,(H,23,26). The third kappa shape index (κ3) is 4.14. The summed E-state index contributed by atoms with van der Waals surface area (Å²) in [6.45, 7) is 2.65. The second-order valence-corrected chi connectivity index (χ2v) is 8.26. The molecular formula is C20H17Cl2N3O2S. The lowest BCUT2D eigenvalue weighted by Gasteiger charge is -2.16. The van der Waals surface area contributed by atoms with Crippen LogP contribution in [0.5, 0.6) is 5.75 Å². The second-order valence-electron chi connectivity index (χ2n) is 6.36. The summed E-state index contributed by atoms with van der Waals surface area (Å²) in [6, 6.07) is 12.5. The lowest BCUT2D eigenvalue weighted by Crippen LogP contribution is -2.30. The van der Waals surface area contributed by atoms with E-state index in [-0.39, 0.29) is 5.91 Å². The zero-order valence-electron chi connectivity index (χ0n) is 15.0. The molecule has 0 spiro atoms. The zero-order valence-corrected chi connectivity index (χ0v) is 17.3. The Labute approximate surface area is 177 Å². The molecule has 0 fully saturated rings. The van der Waals surface area contributed by atoms with Crippen molar-refractivity contribution in [3.05, 3.63) is 58.7 Å². The van der Waals surface area contributed by atoms with Gasteiger partial charge < -0.3 is 14.6 Å². The highest BCUT2D eigenvalue weighted by Gasteiger charge is 2.18.